The third kappa shape index (κ3) is 1.66. The Morgan fingerprint density at radius 2 is 1.67 bits per heavy atom. The van der Waals surface area contributed by atoms with E-state index in [1.54, 1.807) is 0 Å². The van der Waals surface area contributed by atoms with Crippen molar-refractivity contribution in [3.05, 3.63) is 11.6 Å². The van der Waals surface area contributed by atoms with Gasteiger partial charge in [-0.3, -0.25) is 4.99 Å². The number of hydrogen-bond donors (Lipinski definition) is 0. The van der Waals surface area contributed by atoms with Crippen LogP contribution in [0.1, 0.15) is 41.5 Å². The summed E-state index contributed by atoms with van der Waals surface area (Å²) in [4.78, 5) is 4.71. The van der Waals surface area contributed by atoms with Gasteiger partial charge >= 0.3 is 0 Å². The number of aliphatic imine (C=N–C) groups is 1. The first-order valence-electron chi connectivity index (χ1n) is 5.97. The second-order valence-electron chi connectivity index (χ2n) is 7.08. The Morgan fingerprint density at radius 3 is 2.13 bits per heavy atom. The number of nitrogens with zero attached hydrogens (tertiary/aromatic N) is 1. The molecule has 0 aromatic rings. The normalized spacial score (nSPS) is 34.8. The van der Waals surface area contributed by atoms with Gasteiger partial charge in [-0.2, -0.15) is 0 Å². The molecule has 1 heterocycles. The van der Waals surface area contributed by atoms with Crippen LogP contribution in [0, 0.1) is 22.7 Å². The van der Waals surface area contributed by atoms with Crippen molar-refractivity contribution in [2.24, 2.45) is 27.7 Å². The van der Waals surface area contributed by atoms with E-state index in [2.05, 4.69) is 53.8 Å². The number of fused-ring (bicyclic) bond motifs is 1. The fourth-order valence-corrected chi connectivity index (χ4v) is 2.75. The van der Waals surface area contributed by atoms with Crippen molar-refractivity contribution < 1.29 is 0 Å². The lowest BCUT2D eigenvalue weighted by Crippen LogP contribution is -2.39. The maximum atomic E-state index is 4.71. The van der Waals surface area contributed by atoms with Crippen molar-refractivity contribution in [1.29, 1.82) is 0 Å². The van der Waals surface area contributed by atoms with Crippen LogP contribution in [0.25, 0.3) is 0 Å². The van der Waals surface area contributed by atoms with Crippen LogP contribution in [0.4, 0.5) is 0 Å². The lowest BCUT2D eigenvalue weighted by molar-refractivity contribution is 0.233. The molecule has 0 unspecified atom stereocenters. The first-order valence-corrected chi connectivity index (χ1v) is 5.97. The maximum Gasteiger partial charge on any atom is 0.0779 e. The molecule has 0 bridgehead atoms. The molecular formula is C14H23N. The highest BCUT2D eigenvalue weighted by Crippen LogP contribution is 2.50. The van der Waals surface area contributed by atoms with Gasteiger partial charge in [0.2, 0.25) is 0 Å². The van der Waals surface area contributed by atoms with Crippen LogP contribution in [-0.4, -0.2) is 12.3 Å². The van der Waals surface area contributed by atoms with Gasteiger partial charge in [0.25, 0.3) is 0 Å². The van der Waals surface area contributed by atoms with Gasteiger partial charge in [-0.15, -0.1) is 0 Å². The smallest absolute Gasteiger partial charge is 0.0779 e. The van der Waals surface area contributed by atoms with E-state index in [1.807, 2.05) is 0 Å². The first kappa shape index (κ1) is 10.9. The minimum Gasteiger partial charge on any atom is -0.289 e. The van der Waals surface area contributed by atoms with Gasteiger partial charge in [-0.25, -0.2) is 0 Å². The van der Waals surface area contributed by atoms with Crippen LogP contribution in [0.15, 0.2) is 16.6 Å². The molecule has 0 N–H and O–H groups in total. The highest BCUT2D eigenvalue weighted by molar-refractivity contribution is 5.69. The number of rotatable bonds is 0. The Balaban J connectivity index is 2.20. The van der Waals surface area contributed by atoms with Gasteiger partial charge in [0, 0.05) is 18.1 Å². The van der Waals surface area contributed by atoms with E-state index in [-0.39, 0.29) is 0 Å². The zero-order valence-electron chi connectivity index (χ0n) is 10.8. The molecule has 1 nitrogen and oxygen atoms in total. The van der Waals surface area contributed by atoms with Gasteiger partial charge in [-0.05, 0) is 16.4 Å². The molecule has 2 rings (SSSR count). The summed E-state index contributed by atoms with van der Waals surface area (Å²) in [6.07, 6.45) is 4.66. The molecule has 0 saturated carbocycles. The van der Waals surface area contributed by atoms with Crippen LogP contribution in [0.2, 0.25) is 0 Å². The van der Waals surface area contributed by atoms with Crippen molar-refractivity contribution in [3.8, 4) is 0 Å². The minimum absolute atomic E-state index is 0.297. The molecule has 0 radical (unpaired) electrons. The molecule has 1 heteroatoms. The van der Waals surface area contributed by atoms with E-state index >= 15 is 0 Å². The molecule has 0 amide bonds. The fraction of sp³-hybridized carbons (Fsp3) is 0.786. The van der Waals surface area contributed by atoms with Gasteiger partial charge < -0.3 is 0 Å². The van der Waals surface area contributed by atoms with Crippen molar-refractivity contribution >= 4 is 6.21 Å². The zero-order chi connectivity index (χ0) is 11.4. The monoisotopic (exact) mass is 205 g/mol. The summed E-state index contributed by atoms with van der Waals surface area (Å²) < 4.78 is 0. The SMILES string of the molecule is CC(C)(C)C1=C[C@H]2[C@@H]1N=C[C@@H]2C(C)(C)C. The van der Waals surface area contributed by atoms with Crippen LogP contribution in [-0.2, 0) is 0 Å². The summed E-state index contributed by atoms with van der Waals surface area (Å²) in [5.41, 5.74) is 2.18. The molecule has 84 valence electrons. The molecular weight excluding hydrogens is 182 g/mol. The molecule has 0 fully saturated rings. The van der Waals surface area contributed by atoms with Gasteiger partial charge in [0.1, 0.15) is 0 Å². The molecule has 1 aliphatic carbocycles. The summed E-state index contributed by atoms with van der Waals surface area (Å²) in [7, 11) is 0. The zero-order valence-corrected chi connectivity index (χ0v) is 10.8. The van der Waals surface area contributed by atoms with Crippen LogP contribution in [0.3, 0.4) is 0 Å². The standard InChI is InChI=1S/C14H23N/c1-13(2,3)10-7-9-11(14(4,5)6)8-15-12(9)10/h7-9,11-12H,1-6H3/t9-,11+,12+/m1/s1. The molecule has 0 saturated heterocycles. The predicted molar refractivity (Wildman–Crippen MR) is 66.3 cm³/mol. The highest BCUT2D eigenvalue weighted by atomic mass is 14.9. The fourth-order valence-electron chi connectivity index (χ4n) is 2.75. The quantitative estimate of drug-likeness (QED) is 0.535. The maximum absolute atomic E-state index is 4.71. The molecule has 0 aromatic heterocycles. The third-order valence-electron chi connectivity index (χ3n) is 3.74. The van der Waals surface area contributed by atoms with E-state index in [9.17, 15) is 0 Å². The topological polar surface area (TPSA) is 12.4 Å². The average Bonchev–Trinajstić information content (AvgIpc) is 2.22. The van der Waals surface area contributed by atoms with Crippen LogP contribution >= 0.6 is 0 Å². The van der Waals surface area contributed by atoms with Crippen molar-refractivity contribution in [1.82, 2.24) is 0 Å². The molecule has 15 heavy (non-hydrogen) atoms. The third-order valence-corrected chi connectivity index (χ3v) is 3.74. The second-order valence-corrected chi connectivity index (χ2v) is 7.08. The Morgan fingerprint density at radius 1 is 1.07 bits per heavy atom. The van der Waals surface area contributed by atoms with Crippen molar-refractivity contribution in [2.75, 3.05) is 0 Å². The van der Waals surface area contributed by atoms with Gasteiger partial charge in [0.05, 0.1) is 6.04 Å². The summed E-state index contributed by atoms with van der Waals surface area (Å²) >= 11 is 0. The molecule has 2 aliphatic rings. The van der Waals surface area contributed by atoms with Crippen LogP contribution in [0.5, 0.6) is 0 Å². The molecule has 3 atom stereocenters. The Bertz CT molecular complexity index is 322. The van der Waals surface area contributed by atoms with Crippen molar-refractivity contribution in [2.45, 2.75) is 47.6 Å². The van der Waals surface area contributed by atoms with Crippen molar-refractivity contribution in [3.63, 3.8) is 0 Å². The summed E-state index contributed by atoms with van der Waals surface area (Å²) in [5, 5.41) is 0. The lowest BCUT2D eigenvalue weighted by Gasteiger charge is -2.42. The van der Waals surface area contributed by atoms with E-state index in [4.69, 9.17) is 4.99 Å². The minimum atomic E-state index is 0.297. The van der Waals surface area contributed by atoms with E-state index in [1.165, 1.54) is 5.57 Å². The summed E-state index contributed by atoms with van der Waals surface area (Å²) in [6.45, 7) is 13.8. The van der Waals surface area contributed by atoms with E-state index in [0.717, 1.165) is 0 Å². The molecule has 0 aromatic carbocycles. The highest BCUT2D eigenvalue weighted by Gasteiger charge is 2.47. The average molecular weight is 205 g/mol. The van der Waals surface area contributed by atoms with Gasteiger partial charge in [0.15, 0.2) is 0 Å². The lowest BCUT2D eigenvalue weighted by atomic mass is 9.62. The molecule has 1 aliphatic heterocycles. The largest absolute Gasteiger partial charge is 0.289 e. The number of hydrogen-bond acceptors (Lipinski definition) is 1. The second kappa shape index (κ2) is 2.96. The van der Waals surface area contributed by atoms with E-state index < -0.39 is 0 Å². The van der Waals surface area contributed by atoms with E-state index in [0.29, 0.717) is 28.7 Å². The van der Waals surface area contributed by atoms with Gasteiger partial charge in [-0.1, -0.05) is 47.6 Å². The van der Waals surface area contributed by atoms with Crippen LogP contribution < -0.4 is 0 Å². The summed E-state index contributed by atoms with van der Waals surface area (Å²) in [6, 6.07) is 0.495. The Kier molecular flexibility index (Phi) is 2.15. The molecule has 0 spiro atoms. The first-order chi connectivity index (χ1) is 6.71. The Labute approximate surface area is 93.7 Å². The summed E-state index contributed by atoms with van der Waals surface area (Å²) in [5.74, 6) is 1.31. The Hall–Kier alpha value is -0.590. The predicted octanol–water partition coefficient (Wildman–Crippen LogP) is 3.70.